The van der Waals surface area contributed by atoms with E-state index in [0.717, 1.165) is 22.1 Å². The molecule has 3 aromatic carbocycles. The molecule has 7 rings (SSSR count). The maximum absolute atomic E-state index is 7.33. The Morgan fingerprint density at radius 1 is 0.750 bits per heavy atom. The van der Waals surface area contributed by atoms with Gasteiger partial charge in [-0.15, -0.1) is 0 Å². The van der Waals surface area contributed by atoms with Crippen LogP contribution < -0.4 is 5.45 Å². The molecule has 4 heterocycles. The largest absolute Gasteiger partial charge is 0.358 e. The van der Waals surface area contributed by atoms with Crippen molar-refractivity contribution in [2.24, 2.45) is 0 Å². The van der Waals surface area contributed by atoms with Crippen molar-refractivity contribution in [2.45, 2.75) is 115 Å². The Hall–Kier alpha value is -3.44. The average Bonchev–Trinajstić information content (AvgIpc) is 3.74. The lowest BCUT2D eigenvalue weighted by Gasteiger charge is -2.43. The number of hydrogen-bond donors (Lipinski definition) is 0. The second kappa shape index (κ2) is 14.1. The lowest BCUT2D eigenvalue weighted by Crippen LogP contribution is -2.60. The molecule has 0 radical (unpaired) electrons. The van der Waals surface area contributed by atoms with Gasteiger partial charge in [0.25, 0.3) is 0 Å². The number of halogens is 1. The number of fused-ring (bicyclic) bond motifs is 2. The van der Waals surface area contributed by atoms with Crippen LogP contribution in [-0.4, -0.2) is 58.3 Å². The average molecular weight is 739 g/mol. The molecule has 0 aliphatic carbocycles. The van der Waals surface area contributed by atoms with E-state index in [0.29, 0.717) is 38.8 Å². The smallest absolute Gasteiger partial charge is 0.167 e. The van der Waals surface area contributed by atoms with Crippen molar-refractivity contribution < 1.29 is 18.9 Å². The molecule has 2 fully saturated rings. The topological polar surface area (TPSA) is 80.5 Å². The SMILES string of the molecule is Cc1nc(Cl)c2nc([Si](C(C)C)(C(C)C)C(C)C)n([C@@H]3O[C@H](COC(c4ccccc4)(c4ccccc4)c4ccccc4)[C@H]4OC(C)(C)O[C@H]43)c2n1. The van der Waals surface area contributed by atoms with Crippen molar-refractivity contribution in [1.82, 2.24) is 19.5 Å². The van der Waals surface area contributed by atoms with E-state index in [9.17, 15) is 0 Å². The monoisotopic (exact) mass is 738 g/mol. The molecule has 2 aliphatic heterocycles. The molecule has 0 amide bonds. The van der Waals surface area contributed by atoms with Gasteiger partial charge in [-0.1, -0.05) is 144 Å². The molecule has 0 spiro atoms. The minimum absolute atomic E-state index is 0.230. The lowest BCUT2D eigenvalue weighted by atomic mass is 9.80. The summed E-state index contributed by atoms with van der Waals surface area (Å²) in [6.07, 6.45) is -1.94. The molecule has 0 saturated carbocycles. The van der Waals surface area contributed by atoms with E-state index >= 15 is 0 Å². The van der Waals surface area contributed by atoms with Crippen molar-refractivity contribution in [3.8, 4) is 0 Å². The number of ether oxygens (including phenoxy) is 4. The first-order valence-corrected chi connectivity index (χ1v) is 21.2. The Kier molecular flexibility index (Phi) is 9.99. The maximum atomic E-state index is 7.33. The molecule has 10 heteroatoms. The van der Waals surface area contributed by atoms with E-state index in [4.69, 9.17) is 40.5 Å². The minimum Gasteiger partial charge on any atom is -0.358 e. The zero-order valence-electron chi connectivity index (χ0n) is 31.7. The highest BCUT2D eigenvalue weighted by Crippen LogP contribution is 2.48. The van der Waals surface area contributed by atoms with Crippen LogP contribution in [0.5, 0.6) is 0 Å². The standard InChI is InChI=1S/C42H51ClN4O4Si/c1-26(2)52(27(3)4,28(5)6)40-46-34-37(43)44-29(7)45-38(34)47(40)39-36-35(50-41(8,9)51-36)33(49-39)25-48-42(30-19-13-10-14-20-30,31-21-15-11-16-22-31)32-23-17-12-18-24-32/h10-24,26-28,33,35-36,39H,25H2,1-9H3/t33-,35-,36-,39-/m1/s1. The molecule has 274 valence electrons. The van der Waals surface area contributed by atoms with Gasteiger partial charge in [0.2, 0.25) is 0 Å². The highest BCUT2D eigenvalue weighted by atomic mass is 35.5. The van der Waals surface area contributed by atoms with E-state index in [1.165, 1.54) is 0 Å². The Morgan fingerprint density at radius 2 is 1.23 bits per heavy atom. The fraction of sp³-hybridized carbons (Fsp3) is 0.452. The van der Waals surface area contributed by atoms with Crippen LogP contribution in [0.25, 0.3) is 11.2 Å². The molecule has 2 saturated heterocycles. The first-order chi connectivity index (χ1) is 24.8. The predicted octanol–water partition coefficient (Wildman–Crippen LogP) is 9.10. The number of hydrogen-bond acceptors (Lipinski definition) is 7. The third kappa shape index (κ3) is 6.03. The second-order valence-corrected chi connectivity index (χ2v) is 21.8. The summed E-state index contributed by atoms with van der Waals surface area (Å²) in [5, 5.41) is 0.346. The first kappa shape index (κ1) is 36.9. The fourth-order valence-electron chi connectivity index (χ4n) is 9.34. The molecule has 8 nitrogen and oxygen atoms in total. The first-order valence-electron chi connectivity index (χ1n) is 18.6. The molecule has 0 unspecified atom stereocenters. The van der Waals surface area contributed by atoms with E-state index in [-0.39, 0.29) is 6.61 Å². The molecular formula is C42H51ClN4O4Si. The van der Waals surface area contributed by atoms with Gasteiger partial charge in [0, 0.05) is 0 Å². The summed E-state index contributed by atoms with van der Waals surface area (Å²) in [5.74, 6) is -0.264. The zero-order valence-corrected chi connectivity index (χ0v) is 33.5. The van der Waals surface area contributed by atoms with Crippen LogP contribution in [0.4, 0.5) is 0 Å². The van der Waals surface area contributed by atoms with E-state index in [1.54, 1.807) is 0 Å². The third-order valence-electron chi connectivity index (χ3n) is 11.2. The van der Waals surface area contributed by atoms with Gasteiger partial charge < -0.3 is 18.9 Å². The van der Waals surface area contributed by atoms with Gasteiger partial charge >= 0.3 is 0 Å². The summed E-state index contributed by atoms with van der Waals surface area (Å²) in [5.41, 5.74) is 5.52. The van der Waals surface area contributed by atoms with Crippen molar-refractivity contribution in [1.29, 1.82) is 0 Å². The number of aromatic nitrogens is 4. The summed E-state index contributed by atoms with van der Waals surface area (Å²) in [6.45, 7) is 20.0. The van der Waals surface area contributed by atoms with Crippen molar-refractivity contribution >= 4 is 36.3 Å². The van der Waals surface area contributed by atoms with E-state index in [1.807, 2.05) is 39.0 Å². The van der Waals surface area contributed by atoms with Crippen LogP contribution >= 0.6 is 11.6 Å². The van der Waals surface area contributed by atoms with Crippen molar-refractivity contribution in [2.75, 3.05) is 6.61 Å². The Balaban J connectivity index is 1.38. The van der Waals surface area contributed by atoms with Gasteiger partial charge in [-0.3, -0.25) is 4.57 Å². The number of nitrogens with zero attached hydrogens (tertiary/aromatic N) is 4. The molecule has 5 aromatic rings. The summed E-state index contributed by atoms with van der Waals surface area (Å²) in [7, 11) is -2.40. The van der Waals surface area contributed by atoms with Gasteiger partial charge in [0.05, 0.1) is 12.1 Å². The van der Waals surface area contributed by atoms with E-state index in [2.05, 4.69) is 124 Å². The van der Waals surface area contributed by atoms with Crippen LogP contribution in [0.2, 0.25) is 21.8 Å². The van der Waals surface area contributed by atoms with Gasteiger partial charge in [0.15, 0.2) is 22.8 Å². The number of rotatable bonds is 11. The van der Waals surface area contributed by atoms with Gasteiger partial charge in [-0.05, 0) is 54.1 Å². The molecule has 2 aliphatic rings. The van der Waals surface area contributed by atoms with Crippen LogP contribution in [-0.2, 0) is 24.5 Å². The van der Waals surface area contributed by atoms with Crippen LogP contribution in [0.15, 0.2) is 91.0 Å². The third-order valence-corrected chi connectivity index (χ3v) is 18.4. The summed E-state index contributed by atoms with van der Waals surface area (Å²) in [4.78, 5) is 14.9. The Bertz CT molecular complexity index is 1890. The molecule has 2 aromatic heterocycles. The number of benzene rings is 3. The zero-order chi connectivity index (χ0) is 37.0. The van der Waals surface area contributed by atoms with Crippen LogP contribution in [0.3, 0.4) is 0 Å². The maximum Gasteiger partial charge on any atom is 0.167 e. The van der Waals surface area contributed by atoms with Gasteiger partial charge in [-0.25, -0.2) is 15.0 Å². The molecule has 52 heavy (non-hydrogen) atoms. The Morgan fingerprint density at radius 3 is 1.71 bits per heavy atom. The van der Waals surface area contributed by atoms with Gasteiger partial charge in [0.1, 0.15) is 43.3 Å². The predicted molar refractivity (Wildman–Crippen MR) is 209 cm³/mol. The molecular weight excluding hydrogens is 688 g/mol. The second-order valence-electron chi connectivity index (χ2n) is 15.7. The number of imidazole rings is 1. The number of aryl methyl sites for hydroxylation is 1. The van der Waals surface area contributed by atoms with Crippen molar-refractivity contribution in [3.05, 3.63) is 119 Å². The fourth-order valence-corrected chi connectivity index (χ4v) is 16.1. The molecule has 4 atom stereocenters. The van der Waals surface area contributed by atoms with E-state index < -0.39 is 44.0 Å². The summed E-state index contributed by atoms with van der Waals surface area (Å²) < 4.78 is 30.2. The normalized spacial score (nSPS) is 21.9. The summed E-state index contributed by atoms with van der Waals surface area (Å²) in [6, 6.07) is 31.2. The lowest BCUT2D eigenvalue weighted by molar-refractivity contribution is -0.204. The highest BCUT2D eigenvalue weighted by molar-refractivity contribution is 6.94. The van der Waals surface area contributed by atoms with Crippen LogP contribution in [0.1, 0.15) is 84.1 Å². The summed E-state index contributed by atoms with van der Waals surface area (Å²) >= 11 is 6.87. The van der Waals surface area contributed by atoms with Crippen LogP contribution in [0, 0.1) is 6.92 Å². The quantitative estimate of drug-likeness (QED) is 0.0760. The molecule has 0 bridgehead atoms. The highest BCUT2D eigenvalue weighted by Gasteiger charge is 2.59. The molecule has 0 N–H and O–H groups in total. The minimum atomic E-state index is -2.40. The van der Waals surface area contributed by atoms with Gasteiger partial charge in [-0.2, -0.15) is 0 Å². The van der Waals surface area contributed by atoms with Crippen molar-refractivity contribution in [3.63, 3.8) is 0 Å². The Labute approximate surface area is 313 Å².